The van der Waals surface area contributed by atoms with Gasteiger partial charge in [-0.25, -0.2) is 8.42 Å². The van der Waals surface area contributed by atoms with Crippen molar-refractivity contribution in [3.63, 3.8) is 0 Å². The number of carbonyl (C=O) groups is 1. The Morgan fingerprint density at radius 2 is 1.90 bits per heavy atom. The number of alkyl halides is 3. The molecule has 0 saturated heterocycles. The van der Waals surface area contributed by atoms with Crippen molar-refractivity contribution in [2.45, 2.75) is 36.4 Å². The van der Waals surface area contributed by atoms with Gasteiger partial charge in [-0.15, -0.1) is 0 Å². The highest BCUT2D eigenvalue weighted by molar-refractivity contribution is 7.89. The highest BCUT2D eigenvalue weighted by Crippen LogP contribution is 2.38. The second-order valence-electron chi connectivity index (χ2n) is 4.92. The van der Waals surface area contributed by atoms with Crippen molar-refractivity contribution in [2.75, 3.05) is 0 Å². The maximum absolute atomic E-state index is 12.8. The SMILES string of the molecule is Cc1c(C(F)(F)F)cccc1S(=O)(=O)NC1(C(=O)O)CC1. The van der Waals surface area contributed by atoms with Gasteiger partial charge >= 0.3 is 12.1 Å². The molecule has 5 nitrogen and oxygen atoms in total. The zero-order chi connectivity index (χ0) is 16.1. The van der Waals surface area contributed by atoms with Crippen molar-refractivity contribution in [1.82, 2.24) is 4.72 Å². The van der Waals surface area contributed by atoms with Crippen molar-refractivity contribution >= 4 is 16.0 Å². The van der Waals surface area contributed by atoms with Crippen LogP contribution in [0.3, 0.4) is 0 Å². The van der Waals surface area contributed by atoms with Gasteiger partial charge in [-0.1, -0.05) is 6.07 Å². The van der Waals surface area contributed by atoms with E-state index in [4.69, 9.17) is 5.11 Å². The molecule has 0 aliphatic heterocycles. The van der Waals surface area contributed by atoms with Crippen LogP contribution in [0.5, 0.6) is 0 Å². The number of carboxylic acids is 1. The molecule has 0 amide bonds. The van der Waals surface area contributed by atoms with Crippen LogP contribution < -0.4 is 4.72 Å². The van der Waals surface area contributed by atoms with Gasteiger partial charge in [0.1, 0.15) is 5.54 Å². The van der Waals surface area contributed by atoms with Gasteiger partial charge in [0.25, 0.3) is 0 Å². The van der Waals surface area contributed by atoms with Crippen LogP contribution in [0, 0.1) is 6.92 Å². The summed E-state index contributed by atoms with van der Waals surface area (Å²) in [6.07, 6.45) is -4.46. The molecule has 1 aromatic rings. The van der Waals surface area contributed by atoms with Crippen LogP contribution in [0.25, 0.3) is 0 Å². The van der Waals surface area contributed by atoms with E-state index in [0.717, 1.165) is 25.1 Å². The highest BCUT2D eigenvalue weighted by Gasteiger charge is 2.53. The molecule has 0 heterocycles. The van der Waals surface area contributed by atoms with Crippen LogP contribution in [-0.2, 0) is 21.0 Å². The van der Waals surface area contributed by atoms with Crippen LogP contribution in [0.4, 0.5) is 13.2 Å². The maximum Gasteiger partial charge on any atom is 0.416 e. The molecule has 1 aromatic carbocycles. The Hall–Kier alpha value is -1.61. The van der Waals surface area contributed by atoms with Crippen LogP contribution in [0.2, 0.25) is 0 Å². The van der Waals surface area contributed by atoms with E-state index < -0.39 is 43.7 Å². The molecule has 1 aliphatic rings. The van der Waals surface area contributed by atoms with Crippen LogP contribution in [0.15, 0.2) is 23.1 Å². The Kier molecular flexibility index (Phi) is 3.53. The van der Waals surface area contributed by atoms with Crippen LogP contribution in [-0.4, -0.2) is 25.0 Å². The Balaban J connectivity index is 2.45. The number of rotatable bonds is 4. The predicted molar refractivity (Wildman–Crippen MR) is 66.1 cm³/mol. The molecule has 0 spiro atoms. The molecular formula is C12H12F3NO4S. The highest BCUT2D eigenvalue weighted by atomic mass is 32.2. The summed E-state index contributed by atoms with van der Waals surface area (Å²) in [6, 6.07) is 2.77. The smallest absolute Gasteiger partial charge is 0.416 e. The fraction of sp³-hybridized carbons (Fsp3) is 0.417. The van der Waals surface area contributed by atoms with Gasteiger partial charge in [0, 0.05) is 0 Å². The average Bonchev–Trinajstić information content (AvgIpc) is 3.07. The molecule has 0 aromatic heterocycles. The molecule has 1 fully saturated rings. The van der Waals surface area contributed by atoms with Crippen LogP contribution >= 0.6 is 0 Å². The zero-order valence-corrected chi connectivity index (χ0v) is 11.7. The number of hydrogen-bond donors (Lipinski definition) is 2. The molecule has 0 bridgehead atoms. The minimum Gasteiger partial charge on any atom is -0.480 e. The largest absolute Gasteiger partial charge is 0.480 e. The maximum atomic E-state index is 12.8. The van der Waals surface area contributed by atoms with Crippen molar-refractivity contribution in [3.05, 3.63) is 29.3 Å². The molecule has 21 heavy (non-hydrogen) atoms. The van der Waals surface area contributed by atoms with Gasteiger partial charge in [-0.3, -0.25) is 4.79 Å². The quantitative estimate of drug-likeness (QED) is 0.886. The molecule has 0 atom stereocenters. The van der Waals surface area contributed by atoms with E-state index in [-0.39, 0.29) is 12.8 Å². The lowest BCUT2D eigenvalue weighted by atomic mass is 10.1. The number of nitrogens with one attached hydrogen (secondary N) is 1. The summed E-state index contributed by atoms with van der Waals surface area (Å²) in [5, 5.41) is 8.96. The Morgan fingerprint density at radius 3 is 2.33 bits per heavy atom. The molecule has 2 rings (SSSR count). The lowest BCUT2D eigenvalue weighted by Gasteiger charge is -2.17. The van der Waals surface area contributed by atoms with Crippen LogP contribution in [0.1, 0.15) is 24.0 Å². The lowest BCUT2D eigenvalue weighted by molar-refractivity contribution is -0.140. The molecule has 0 unspecified atom stereocenters. The Bertz CT molecular complexity index is 693. The number of hydrogen-bond acceptors (Lipinski definition) is 3. The van der Waals surface area contributed by atoms with E-state index in [1.54, 1.807) is 0 Å². The van der Waals surface area contributed by atoms with Gasteiger partial charge in [0.15, 0.2) is 0 Å². The summed E-state index contributed by atoms with van der Waals surface area (Å²) in [5.41, 5.74) is -3.12. The zero-order valence-electron chi connectivity index (χ0n) is 10.9. The van der Waals surface area contributed by atoms with Gasteiger partial charge < -0.3 is 5.11 Å². The minimum atomic E-state index is -4.68. The molecule has 2 N–H and O–H groups in total. The first-order chi connectivity index (χ1) is 9.50. The standard InChI is InChI=1S/C12H12F3NO4S/c1-7-8(12(13,14)15)3-2-4-9(7)21(19,20)16-11(5-6-11)10(17)18/h2-4,16H,5-6H2,1H3,(H,17,18). The summed E-state index contributed by atoms with van der Waals surface area (Å²) in [4.78, 5) is 10.4. The van der Waals surface area contributed by atoms with E-state index in [1.165, 1.54) is 0 Å². The van der Waals surface area contributed by atoms with Gasteiger partial charge in [0.05, 0.1) is 10.5 Å². The first kappa shape index (κ1) is 15.8. The van der Waals surface area contributed by atoms with E-state index in [1.807, 2.05) is 4.72 Å². The van der Waals surface area contributed by atoms with E-state index in [2.05, 4.69) is 0 Å². The number of sulfonamides is 1. The van der Waals surface area contributed by atoms with E-state index >= 15 is 0 Å². The first-order valence-corrected chi connectivity index (χ1v) is 7.42. The fourth-order valence-corrected chi connectivity index (χ4v) is 3.70. The molecule has 1 saturated carbocycles. The molecular weight excluding hydrogens is 311 g/mol. The topological polar surface area (TPSA) is 83.5 Å². The van der Waals surface area contributed by atoms with E-state index in [9.17, 15) is 26.4 Å². The average molecular weight is 323 g/mol. The summed E-state index contributed by atoms with van der Waals surface area (Å²) in [7, 11) is -4.34. The van der Waals surface area contributed by atoms with Crippen molar-refractivity contribution in [3.8, 4) is 0 Å². The summed E-state index contributed by atoms with van der Waals surface area (Å²) < 4.78 is 64.6. The second-order valence-corrected chi connectivity index (χ2v) is 6.57. The third-order valence-corrected chi connectivity index (χ3v) is 5.05. The number of benzene rings is 1. The molecule has 116 valence electrons. The second kappa shape index (κ2) is 4.70. The van der Waals surface area contributed by atoms with Crippen molar-refractivity contribution in [1.29, 1.82) is 0 Å². The Labute approximate surface area is 118 Å². The molecule has 9 heteroatoms. The van der Waals surface area contributed by atoms with Gasteiger partial charge in [0.2, 0.25) is 10.0 Å². The van der Waals surface area contributed by atoms with Crippen molar-refractivity contribution in [2.24, 2.45) is 0 Å². The normalized spacial score (nSPS) is 17.5. The lowest BCUT2D eigenvalue weighted by Crippen LogP contribution is -2.43. The number of carboxylic acid groups (broad SMARTS) is 1. The fourth-order valence-electron chi connectivity index (χ4n) is 2.01. The summed E-state index contributed by atoms with van der Waals surface area (Å²) in [6.45, 7) is 1.04. The van der Waals surface area contributed by atoms with E-state index in [0.29, 0.717) is 0 Å². The Morgan fingerprint density at radius 1 is 1.33 bits per heavy atom. The summed E-state index contributed by atoms with van der Waals surface area (Å²) in [5.74, 6) is -1.34. The third-order valence-electron chi connectivity index (χ3n) is 3.37. The number of aliphatic carboxylic acids is 1. The number of halogens is 3. The minimum absolute atomic E-state index is 0.111. The molecule has 1 aliphatic carbocycles. The monoisotopic (exact) mass is 323 g/mol. The third kappa shape index (κ3) is 2.88. The summed E-state index contributed by atoms with van der Waals surface area (Å²) >= 11 is 0. The van der Waals surface area contributed by atoms with Crippen molar-refractivity contribution < 1.29 is 31.5 Å². The first-order valence-electron chi connectivity index (χ1n) is 5.94. The predicted octanol–water partition coefficient (Wildman–Crippen LogP) is 1.91. The van der Waals surface area contributed by atoms with Gasteiger partial charge in [-0.2, -0.15) is 17.9 Å². The van der Waals surface area contributed by atoms with Gasteiger partial charge in [-0.05, 0) is 37.5 Å². The molecule has 0 radical (unpaired) electrons.